The summed E-state index contributed by atoms with van der Waals surface area (Å²) in [4.78, 5) is 0. The lowest BCUT2D eigenvalue weighted by molar-refractivity contribution is -0.154. The van der Waals surface area contributed by atoms with Gasteiger partial charge in [0.25, 0.3) is 0 Å². The van der Waals surface area contributed by atoms with E-state index < -0.39 is 0 Å². The highest BCUT2D eigenvalue weighted by Gasteiger charge is 2.41. The van der Waals surface area contributed by atoms with E-state index in [-0.39, 0.29) is 5.60 Å². The largest absolute Gasteiger partial charge is 0.381 e. The van der Waals surface area contributed by atoms with Crippen LogP contribution in [0.3, 0.4) is 0 Å². The predicted molar refractivity (Wildman–Crippen MR) is 76.3 cm³/mol. The molecule has 2 aliphatic heterocycles. The standard InChI is InChI=1S/C16H29NO2/c1-17-15-4-2-3-13(11-15)14-5-8-19-16(12-14)6-9-18-10-7-16/h13-15,17H,2-12H2,1H3. The molecular formula is C16H29NO2. The van der Waals surface area contributed by atoms with E-state index in [2.05, 4.69) is 12.4 Å². The second-order valence-electron chi connectivity index (χ2n) is 6.81. The van der Waals surface area contributed by atoms with E-state index in [0.29, 0.717) is 0 Å². The molecule has 1 N–H and O–H groups in total. The van der Waals surface area contributed by atoms with E-state index in [4.69, 9.17) is 9.47 Å². The molecule has 1 saturated carbocycles. The highest BCUT2D eigenvalue weighted by atomic mass is 16.5. The summed E-state index contributed by atoms with van der Waals surface area (Å²) in [6.45, 7) is 2.78. The zero-order valence-electron chi connectivity index (χ0n) is 12.3. The maximum atomic E-state index is 6.19. The molecule has 3 rings (SSSR count). The summed E-state index contributed by atoms with van der Waals surface area (Å²) in [7, 11) is 2.12. The van der Waals surface area contributed by atoms with Crippen LogP contribution in [0.15, 0.2) is 0 Å². The van der Waals surface area contributed by atoms with Crippen molar-refractivity contribution in [2.45, 2.75) is 63.0 Å². The van der Waals surface area contributed by atoms with Crippen LogP contribution in [0, 0.1) is 11.8 Å². The molecule has 1 spiro atoms. The van der Waals surface area contributed by atoms with Crippen molar-refractivity contribution in [1.82, 2.24) is 5.32 Å². The van der Waals surface area contributed by atoms with Gasteiger partial charge in [-0.2, -0.15) is 0 Å². The minimum Gasteiger partial charge on any atom is -0.381 e. The molecule has 2 heterocycles. The molecule has 3 fully saturated rings. The van der Waals surface area contributed by atoms with Gasteiger partial charge in [-0.1, -0.05) is 12.8 Å². The quantitative estimate of drug-likeness (QED) is 0.834. The first-order valence-electron chi connectivity index (χ1n) is 8.20. The van der Waals surface area contributed by atoms with Gasteiger partial charge in [-0.3, -0.25) is 0 Å². The van der Waals surface area contributed by atoms with Crippen molar-refractivity contribution in [2.75, 3.05) is 26.9 Å². The van der Waals surface area contributed by atoms with Crippen LogP contribution in [0.1, 0.15) is 51.4 Å². The first kappa shape index (κ1) is 13.8. The number of hydrogen-bond acceptors (Lipinski definition) is 3. The fourth-order valence-corrected chi connectivity index (χ4v) is 4.48. The van der Waals surface area contributed by atoms with E-state index in [1.807, 2.05) is 0 Å². The smallest absolute Gasteiger partial charge is 0.0729 e. The molecule has 19 heavy (non-hydrogen) atoms. The summed E-state index contributed by atoms with van der Waals surface area (Å²) in [5.74, 6) is 1.82. The third-order valence-electron chi connectivity index (χ3n) is 5.72. The molecule has 3 atom stereocenters. The summed E-state index contributed by atoms with van der Waals surface area (Å²) in [5, 5.41) is 3.49. The second-order valence-corrected chi connectivity index (χ2v) is 6.81. The molecule has 110 valence electrons. The minimum atomic E-state index is 0.174. The van der Waals surface area contributed by atoms with Crippen LogP contribution in [0.4, 0.5) is 0 Å². The molecule has 0 aromatic rings. The van der Waals surface area contributed by atoms with Crippen LogP contribution in [0.2, 0.25) is 0 Å². The average Bonchev–Trinajstić information content (AvgIpc) is 2.48. The minimum absolute atomic E-state index is 0.174. The normalized spacial score (nSPS) is 39.3. The van der Waals surface area contributed by atoms with Crippen LogP contribution >= 0.6 is 0 Å². The van der Waals surface area contributed by atoms with E-state index in [1.54, 1.807) is 0 Å². The summed E-state index contributed by atoms with van der Waals surface area (Å²) < 4.78 is 11.7. The fraction of sp³-hybridized carbons (Fsp3) is 1.00. The Morgan fingerprint density at radius 3 is 2.63 bits per heavy atom. The molecule has 3 heteroatoms. The van der Waals surface area contributed by atoms with Gasteiger partial charge in [0, 0.05) is 25.9 Å². The second kappa shape index (κ2) is 6.11. The summed E-state index contributed by atoms with van der Waals surface area (Å²) >= 11 is 0. The van der Waals surface area contributed by atoms with E-state index in [1.165, 1.54) is 38.5 Å². The maximum Gasteiger partial charge on any atom is 0.0729 e. The fourth-order valence-electron chi connectivity index (χ4n) is 4.48. The van der Waals surface area contributed by atoms with Crippen molar-refractivity contribution in [3.05, 3.63) is 0 Å². The Labute approximate surface area is 117 Å². The molecule has 0 amide bonds. The number of nitrogens with one attached hydrogen (secondary N) is 1. The monoisotopic (exact) mass is 267 g/mol. The molecule has 3 nitrogen and oxygen atoms in total. The molecule has 3 aliphatic rings. The molecule has 2 saturated heterocycles. The van der Waals surface area contributed by atoms with Crippen molar-refractivity contribution in [1.29, 1.82) is 0 Å². The van der Waals surface area contributed by atoms with Crippen molar-refractivity contribution in [3.8, 4) is 0 Å². The van der Waals surface area contributed by atoms with Gasteiger partial charge in [0.15, 0.2) is 0 Å². The van der Waals surface area contributed by atoms with Gasteiger partial charge in [0.05, 0.1) is 5.60 Å². The molecule has 1 aliphatic carbocycles. The van der Waals surface area contributed by atoms with Gasteiger partial charge >= 0.3 is 0 Å². The summed E-state index contributed by atoms with van der Waals surface area (Å²) in [6.07, 6.45) is 10.4. The lowest BCUT2D eigenvalue weighted by atomic mass is 9.70. The molecule has 0 aromatic heterocycles. The molecule has 3 unspecified atom stereocenters. The number of ether oxygens (including phenoxy) is 2. The van der Waals surface area contributed by atoms with Gasteiger partial charge in [-0.05, 0) is 57.4 Å². The van der Waals surface area contributed by atoms with Crippen molar-refractivity contribution < 1.29 is 9.47 Å². The molecule has 0 aromatic carbocycles. The lowest BCUT2D eigenvalue weighted by Gasteiger charge is -2.46. The number of rotatable bonds is 2. The van der Waals surface area contributed by atoms with Gasteiger partial charge < -0.3 is 14.8 Å². The summed E-state index contributed by atoms with van der Waals surface area (Å²) in [6, 6.07) is 0.757. The highest BCUT2D eigenvalue weighted by molar-refractivity contribution is 4.92. The Hall–Kier alpha value is -0.120. The SMILES string of the molecule is CNC1CCCC(C2CCOC3(CCOCC3)C2)C1. The van der Waals surface area contributed by atoms with Gasteiger partial charge in [0.2, 0.25) is 0 Å². The zero-order valence-corrected chi connectivity index (χ0v) is 12.3. The van der Waals surface area contributed by atoms with Gasteiger partial charge in [-0.25, -0.2) is 0 Å². The van der Waals surface area contributed by atoms with Gasteiger partial charge in [-0.15, -0.1) is 0 Å². The Morgan fingerprint density at radius 1 is 1.00 bits per heavy atom. The Balaban J connectivity index is 1.61. The average molecular weight is 267 g/mol. The van der Waals surface area contributed by atoms with E-state index in [9.17, 15) is 0 Å². The highest BCUT2D eigenvalue weighted by Crippen LogP contribution is 2.43. The molecule has 0 radical (unpaired) electrons. The Morgan fingerprint density at radius 2 is 1.84 bits per heavy atom. The third-order valence-corrected chi connectivity index (χ3v) is 5.72. The summed E-state index contributed by atoms with van der Waals surface area (Å²) in [5.41, 5.74) is 0.174. The van der Waals surface area contributed by atoms with E-state index in [0.717, 1.165) is 50.5 Å². The Kier molecular flexibility index (Phi) is 4.45. The van der Waals surface area contributed by atoms with Crippen molar-refractivity contribution >= 4 is 0 Å². The van der Waals surface area contributed by atoms with Gasteiger partial charge in [0.1, 0.15) is 0 Å². The first-order chi connectivity index (χ1) is 9.31. The van der Waals surface area contributed by atoms with Crippen molar-refractivity contribution in [3.63, 3.8) is 0 Å². The molecular weight excluding hydrogens is 238 g/mol. The van der Waals surface area contributed by atoms with Crippen LogP contribution in [0.5, 0.6) is 0 Å². The molecule has 0 bridgehead atoms. The third kappa shape index (κ3) is 3.14. The number of hydrogen-bond donors (Lipinski definition) is 1. The zero-order chi connectivity index (χ0) is 13.1. The maximum absolute atomic E-state index is 6.19. The lowest BCUT2D eigenvalue weighted by Crippen LogP contribution is -2.46. The van der Waals surface area contributed by atoms with Crippen LogP contribution < -0.4 is 5.32 Å². The Bertz CT molecular complexity index is 283. The van der Waals surface area contributed by atoms with Crippen LogP contribution in [-0.2, 0) is 9.47 Å². The van der Waals surface area contributed by atoms with Crippen LogP contribution in [-0.4, -0.2) is 38.5 Å². The first-order valence-corrected chi connectivity index (χ1v) is 8.20. The van der Waals surface area contributed by atoms with Crippen molar-refractivity contribution in [2.24, 2.45) is 11.8 Å². The van der Waals surface area contributed by atoms with E-state index >= 15 is 0 Å². The van der Waals surface area contributed by atoms with Crippen LogP contribution in [0.25, 0.3) is 0 Å². The predicted octanol–water partition coefficient (Wildman–Crippen LogP) is 2.74. The topological polar surface area (TPSA) is 30.5 Å².